The van der Waals surface area contributed by atoms with Crippen LogP contribution in [0.2, 0.25) is 0 Å². The minimum Gasteiger partial charge on any atom is -0.368 e. The van der Waals surface area contributed by atoms with Gasteiger partial charge in [0.2, 0.25) is 11.8 Å². The van der Waals surface area contributed by atoms with E-state index in [1.165, 1.54) is 0 Å². The molecule has 40 heavy (non-hydrogen) atoms. The standard InChI is InChI=1S/C32H39N5O3/c1-24(2)21-31(39)37(22-26-7-5-4-6-8-26)23-30(38)33-27-13-15-29(16-14-27)35-17-19-36(20-18-35)32(40)34-28-11-9-25(3)10-12-28/h4-16,24H,17-23H2,1-3H3,(H,33,38)(H,34,40). The first-order valence-electron chi connectivity index (χ1n) is 13.9. The van der Waals surface area contributed by atoms with Crippen LogP contribution < -0.4 is 15.5 Å². The molecule has 8 heteroatoms. The van der Waals surface area contributed by atoms with Crippen molar-refractivity contribution in [3.63, 3.8) is 0 Å². The molecule has 1 aliphatic rings. The van der Waals surface area contributed by atoms with Crippen molar-refractivity contribution in [2.45, 2.75) is 33.7 Å². The molecule has 0 aliphatic carbocycles. The molecule has 1 saturated heterocycles. The van der Waals surface area contributed by atoms with Crippen molar-refractivity contribution < 1.29 is 14.4 Å². The molecule has 1 aliphatic heterocycles. The number of anilines is 3. The molecule has 2 N–H and O–H groups in total. The molecule has 210 valence electrons. The van der Waals surface area contributed by atoms with Crippen LogP contribution in [0.15, 0.2) is 78.9 Å². The summed E-state index contributed by atoms with van der Waals surface area (Å²) in [5, 5.41) is 5.90. The van der Waals surface area contributed by atoms with Gasteiger partial charge < -0.3 is 25.3 Å². The van der Waals surface area contributed by atoms with E-state index in [1.807, 2.05) is 105 Å². The van der Waals surface area contributed by atoms with Crippen molar-refractivity contribution in [2.75, 3.05) is 48.3 Å². The second kappa shape index (κ2) is 13.6. The van der Waals surface area contributed by atoms with Gasteiger partial charge in [0.1, 0.15) is 6.54 Å². The summed E-state index contributed by atoms with van der Waals surface area (Å²) in [5.41, 5.74) is 4.65. The van der Waals surface area contributed by atoms with Crippen molar-refractivity contribution in [1.82, 2.24) is 9.80 Å². The highest BCUT2D eigenvalue weighted by atomic mass is 16.2. The van der Waals surface area contributed by atoms with Gasteiger partial charge in [0.05, 0.1) is 0 Å². The first kappa shape index (κ1) is 28.7. The van der Waals surface area contributed by atoms with E-state index < -0.39 is 0 Å². The summed E-state index contributed by atoms with van der Waals surface area (Å²) in [4.78, 5) is 44.0. The second-order valence-electron chi connectivity index (χ2n) is 10.7. The monoisotopic (exact) mass is 541 g/mol. The molecule has 4 amide bonds. The molecule has 4 rings (SSSR count). The topological polar surface area (TPSA) is 85.0 Å². The summed E-state index contributed by atoms with van der Waals surface area (Å²) >= 11 is 0. The highest BCUT2D eigenvalue weighted by molar-refractivity contribution is 5.94. The van der Waals surface area contributed by atoms with Crippen LogP contribution in [0.3, 0.4) is 0 Å². The number of hydrogen-bond donors (Lipinski definition) is 2. The van der Waals surface area contributed by atoms with Gasteiger partial charge in [-0.25, -0.2) is 4.79 Å². The molecule has 3 aromatic rings. The Hall–Kier alpha value is -4.33. The van der Waals surface area contributed by atoms with Gasteiger partial charge in [0.25, 0.3) is 0 Å². The predicted octanol–water partition coefficient (Wildman–Crippen LogP) is 5.36. The maximum atomic E-state index is 12.9. The van der Waals surface area contributed by atoms with E-state index in [4.69, 9.17) is 0 Å². The Morgan fingerprint density at radius 3 is 2.02 bits per heavy atom. The van der Waals surface area contributed by atoms with Crippen molar-refractivity contribution in [2.24, 2.45) is 5.92 Å². The van der Waals surface area contributed by atoms with Gasteiger partial charge in [-0.3, -0.25) is 9.59 Å². The first-order chi connectivity index (χ1) is 19.3. The van der Waals surface area contributed by atoms with Crippen LogP contribution in [-0.2, 0) is 16.1 Å². The number of amides is 4. The zero-order valence-electron chi connectivity index (χ0n) is 23.6. The Labute approximate surface area is 237 Å². The number of rotatable bonds is 9. The normalized spacial score (nSPS) is 13.2. The second-order valence-corrected chi connectivity index (χ2v) is 10.7. The van der Waals surface area contributed by atoms with Crippen LogP contribution in [0, 0.1) is 12.8 Å². The first-order valence-corrected chi connectivity index (χ1v) is 13.9. The third kappa shape index (κ3) is 8.33. The van der Waals surface area contributed by atoms with Gasteiger partial charge in [-0.05, 0) is 54.8 Å². The van der Waals surface area contributed by atoms with Crippen LogP contribution in [0.4, 0.5) is 21.9 Å². The molecule has 1 heterocycles. The van der Waals surface area contributed by atoms with Crippen molar-refractivity contribution >= 4 is 34.9 Å². The molecule has 1 fully saturated rings. The third-order valence-electron chi connectivity index (χ3n) is 6.87. The van der Waals surface area contributed by atoms with E-state index in [0.717, 1.165) is 35.6 Å². The fraction of sp³-hybridized carbons (Fsp3) is 0.344. The molecule has 0 bridgehead atoms. The molecule has 0 unspecified atom stereocenters. The highest BCUT2D eigenvalue weighted by Crippen LogP contribution is 2.20. The summed E-state index contributed by atoms with van der Waals surface area (Å²) in [6.07, 6.45) is 0.398. The molecule has 0 saturated carbocycles. The SMILES string of the molecule is Cc1ccc(NC(=O)N2CCN(c3ccc(NC(=O)CN(Cc4ccccc4)C(=O)CC(C)C)cc3)CC2)cc1. The van der Waals surface area contributed by atoms with E-state index in [0.29, 0.717) is 31.7 Å². The quantitative estimate of drug-likeness (QED) is 0.382. The third-order valence-corrected chi connectivity index (χ3v) is 6.87. The van der Waals surface area contributed by atoms with Crippen LogP contribution >= 0.6 is 0 Å². The number of aryl methyl sites for hydroxylation is 1. The predicted molar refractivity (Wildman–Crippen MR) is 160 cm³/mol. The number of carbonyl (C=O) groups is 3. The summed E-state index contributed by atoms with van der Waals surface area (Å²) in [6, 6.07) is 25.1. The van der Waals surface area contributed by atoms with Crippen LogP contribution in [0.25, 0.3) is 0 Å². The van der Waals surface area contributed by atoms with Crippen LogP contribution in [-0.4, -0.2) is 60.4 Å². The molecule has 0 aromatic heterocycles. The van der Waals surface area contributed by atoms with Crippen LogP contribution in [0.5, 0.6) is 0 Å². The fourth-order valence-electron chi connectivity index (χ4n) is 4.65. The van der Waals surface area contributed by atoms with E-state index in [9.17, 15) is 14.4 Å². The Balaban J connectivity index is 1.28. The molecular formula is C32H39N5O3. The van der Waals surface area contributed by atoms with E-state index in [2.05, 4.69) is 15.5 Å². The number of piperazine rings is 1. The van der Waals surface area contributed by atoms with Gasteiger partial charge in [-0.2, -0.15) is 0 Å². The number of carbonyl (C=O) groups excluding carboxylic acids is 3. The number of urea groups is 1. The Morgan fingerprint density at radius 1 is 0.800 bits per heavy atom. The lowest BCUT2D eigenvalue weighted by molar-refractivity contribution is -0.136. The highest BCUT2D eigenvalue weighted by Gasteiger charge is 2.22. The Morgan fingerprint density at radius 2 is 1.40 bits per heavy atom. The fourth-order valence-corrected chi connectivity index (χ4v) is 4.65. The minimum absolute atomic E-state index is 0.00515. The van der Waals surface area contributed by atoms with Gasteiger partial charge in [-0.1, -0.05) is 61.9 Å². The zero-order chi connectivity index (χ0) is 28.5. The summed E-state index contributed by atoms with van der Waals surface area (Å²) in [6.45, 7) is 9.10. The van der Waals surface area contributed by atoms with Gasteiger partial charge >= 0.3 is 6.03 Å². The number of hydrogen-bond acceptors (Lipinski definition) is 4. The molecule has 0 radical (unpaired) electrons. The Kier molecular flexibility index (Phi) is 9.78. The van der Waals surface area contributed by atoms with Crippen molar-refractivity contribution in [3.05, 3.63) is 90.0 Å². The molecule has 3 aromatic carbocycles. The number of benzene rings is 3. The lowest BCUT2D eigenvalue weighted by Crippen LogP contribution is -2.50. The number of nitrogens with one attached hydrogen (secondary N) is 2. The smallest absolute Gasteiger partial charge is 0.321 e. The average molecular weight is 542 g/mol. The van der Waals surface area contributed by atoms with E-state index in [-0.39, 0.29) is 30.3 Å². The van der Waals surface area contributed by atoms with Crippen molar-refractivity contribution in [3.8, 4) is 0 Å². The molecular weight excluding hydrogens is 502 g/mol. The summed E-state index contributed by atoms with van der Waals surface area (Å²) in [5.74, 6) is -0.0455. The zero-order valence-corrected chi connectivity index (χ0v) is 23.6. The Bertz CT molecular complexity index is 1270. The van der Waals surface area contributed by atoms with Gasteiger partial charge in [-0.15, -0.1) is 0 Å². The molecule has 0 spiro atoms. The molecule has 0 atom stereocenters. The van der Waals surface area contributed by atoms with Crippen molar-refractivity contribution in [1.29, 1.82) is 0 Å². The van der Waals surface area contributed by atoms with Crippen LogP contribution in [0.1, 0.15) is 31.4 Å². The summed E-state index contributed by atoms with van der Waals surface area (Å²) in [7, 11) is 0. The summed E-state index contributed by atoms with van der Waals surface area (Å²) < 4.78 is 0. The largest absolute Gasteiger partial charge is 0.368 e. The van der Waals surface area contributed by atoms with Gasteiger partial charge in [0.15, 0.2) is 0 Å². The maximum absolute atomic E-state index is 12.9. The minimum atomic E-state index is -0.228. The lowest BCUT2D eigenvalue weighted by Gasteiger charge is -2.36. The average Bonchev–Trinajstić information content (AvgIpc) is 2.94. The number of nitrogens with zero attached hydrogens (tertiary/aromatic N) is 3. The van der Waals surface area contributed by atoms with Gasteiger partial charge in [0, 0.05) is 56.2 Å². The molecule has 8 nitrogen and oxygen atoms in total. The van der Waals surface area contributed by atoms with E-state index in [1.54, 1.807) is 4.90 Å². The van der Waals surface area contributed by atoms with E-state index >= 15 is 0 Å². The lowest BCUT2D eigenvalue weighted by atomic mass is 10.1. The maximum Gasteiger partial charge on any atom is 0.321 e.